The van der Waals surface area contributed by atoms with E-state index in [0.717, 1.165) is 30.2 Å². The maximum atomic E-state index is 5.68. The Morgan fingerprint density at radius 2 is 1.88 bits per heavy atom. The molecule has 24 heavy (non-hydrogen) atoms. The van der Waals surface area contributed by atoms with Gasteiger partial charge >= 0.3 is 0 Å². The molecular formula is C19H28N4O. The molecule has 0 radical (unpaired) electrons. The summed E-state index contributed by atoms with van der Waals surface area (Å²) in [5, 5.41) is 7.92. The van der Waals surface area contributed by atoms with Gasteiger partial charge < -0.3 is 14.7 Å². The van der Waals surface area contributed by atoms with Crippen molar-refractivity contribution in [1.82, 2.24) is 15.0 Å². The van der Waals surface area contributed by atoms with Crippen LogP contribution in [0.3, 0.4) is 0 Å². The van der Waals surface area contributed by atoms with E-state index in [2.05, 4.69) is 47.4 Å². The van der Waals surface area contributed by atoms with Crippen LogP contribution < -0.4 is 5.32 Å². The van der Waals surface area contributed by atoms with E-state index >= 15 is 0 Å². The van der Waals surface area contributed by atoms with Gasteiger partial charge in [0.1, 0.15) is 5.54 Å². The lowest BCUT2D eigenvalue weighted by atomic mass is 9.81. The normalized spacial score (nSPS) is 17.2. The van der Waals surface area contributed by atoms with Crippen LogP contribution in [0.25, 0.3) is 0 Å². The quantitative estimate of drug-likeness (QED) is 0.898. The van der Waals surface area contributed by atoms with Gasteiger partial charge in [-0.2, -0.15) is 4.98 Å². The maximum Gasteiger partial charge on any atom is 0.252 e. The average molecular weight is 328 g/mol. The van der Waals surface area contributed by atoms with E-state index in [1.165, 1.54) is 30.4 Å². The number of hydrogen-bond donors (Lipinski definition) is 1. The summed E-state index contributed by atoms with van der Waals surface area (Å²) in [6.07, 6.45) is 5.70. The average Bonchev–Trinajstić information content (AvgIpc) is 3.00. The van der Waals surface area contributed by atoms with E-state index in [-0.39, 0.29) is 5.54 Å². The summed E-state index contributed by atoms with van der Waals surface area (Å²) in [4.78, 5) is 6.75. The predicted molar refractivity (Wildman–Crippen MR) is 96.0 cm³/mol. The fourth-order valence-electron chi connectivity index (χ4n) is 3.44. The molecule has 0 spiro atoms. The predicted octanol–water partition coefficient (Wildman–Crippen LogP) is 4.02. The number of aryl methyl sites for hydroxylation is 2. The second-order valence-electron chi connectivity index (χ2n) is 7.32. The lowest BCUT2D eigenvalue weighted by Crippen LogP contribution is -2.38. The van der Waals surface area contributed by atoms with Crippen LogP contribution in [0, 0.1) is 13.8 Å². The van der Waals surface area contributed by atoms with Gasteiger partial charge in [0.05, 0.1) is 6.54 Å². The fourth-order valence-corrected chi connectivity index (χ4v) is 3.44. The smallest absolute Gasteiger partial charge is 0.252 e. The largest absolute Gasteiger partial charge is 0.371 e. The number of rotatable bonds is 5. The zero-order chi connectivity index (χ0) is 17.2. The first-order valence-corrected chi connectivity index (χ1v) is 8.82. The summed E-state index contributed by atoms with van der Waals surface area (Å²) in [7, 11) is 4.03. The Bertz CT molecular complexity index is 686. The zero-order valence-electron chi connectivity index (χ0n) is 15.2. The minimum absolute atomic E-state index is 0.239. The Labute approximate surface area is 144 Å². The Kier molecular flexibility index (Phi) is 4.90. The molecule has 5 nitrogen and oxygen atoms in total. The highest BCUT2D eigenvalue weighted by molar-refractivity contribution is 5.50. The Morgan fingerprint density at radius 1 is 1.12 bits per heavy atom. The minimum Gasteiger partial charge on any atom is -0.371 e. The van der Waals surface area contributed by atoms with Gasteiger partial charge in [0.25, 0.3) is 5.89 Å². The third kappa shape index (κ3) is 3.61. The molecule has 0 bridgehead atoms. The van der Waals surface area contributed by atoms with Gasteiger partial charge in [-0.25, -0.2) is 0 Å². The van der Waals surface area contributed by atoms with Crippen molar-refractivity contribution in [2.24, 2.45) is 0 Å². The van der Waals surface area contributed by atoms with Crippen molar-refractivity contribution in [1.29, 1.82) is 0 Å². The van der Waals surface area contributed by atoms with Gasteiger partial charge in [-0.3, -0.25) is 0 Å². The molecule has 2 aromatic rings. The zero-order valence-corrected chi connectivity index (χ0v) is 15.2. The van der Waals surface area contributed by atoms with Gasteiger partial charge in [-0.1, -0.05) is 30.5 Å². The summed E-state index contributed by atoms with van der Waals surface area (Å²) in [5.41, 5.74) is 3.50. The lowest BCUT2D eigenvalue weighted by Gasteiger charge is -2.35. The molecule has 0 unspecified atom stereocenters. The SMILES string of the molecule is Cc1ccc(NC2(c3nc(CN(C)C)no3)CCCCC2)cc1C. The van der Waals surface area contributed by atoms with Crippen molar-refractivity contribution in [2.75, 3.05) is 19.4 Å². The summed E-state index contributed by atoms with van der Waals surface area (Å²) in [5.74, 6) is 1.49. The molecule has 1 aromatic heterocycles. The van der Waals surface area contributed by atoms with Gasteiger partial charge in [0.2, 0.25) is 0 Å². The van der Waals surface area contributed by atoms with Gasteiger partial charge in [0.15, 0.2) is 5.82 Å². The molecule has 1 heterocycles. The van der Waals surface area contributed by atoms with Crippen LogP contribution >= 0.6 is 0 Å². The van der Waals surface area contributed by atoms with Crippen molar-refractivity contribution in [2.45, 2.75) is 58.0 Å². The van der Waals surface area contributed by atoms with E-state index in [4.69, 9.17) is 9.51 Å². The van der Waals surface area contributed by atoms with Crippen molar-refractivity contribution in [3.63, 3.8) is 0 Å². The van der Waals surface area contributed by atoms with E-state index < -0.39 is 0 Å². The molecule has 0 atom stereocenters. The highest BCUT2D eigenvalue weighted by Crippen LogP contribution is 2.39. The molecule has 0 amide bonds. The highest BCUT2D eigenvalue weighted by atomic mass is 16.5. The Hall–Kier alpha value is -1.88. The number of nitrogens with one attached hydrogen (secondary N) is 1. The lowest BCUT2D eigenvalue weighted by molar-refractivity contribution is 0.239. The number of anilines is 1. The first-order chi connectivity index (χ1) is 11.5. The summed E-state index contributed by atoms with van der Waals surface area (Å²) in [6, 6.07) is 6.53. The van der Waals surface area contributed by atoms with E-state index in [0.29, 0.717) is 6.54 Å². The van der Waals surface area contributed by atoms with E-state index in [1.807, 2.05) is 14.1 Å². The molecule has 3 rings (SSSR count). The number of hydrogen-bond acceptors (Lipinski definition) is 5. The molecule has 0 saturated heterocycles. The highest BCUT2D eigenvalue weighted by Gasteiger charge is 2.39. The molecule has 1 aliphatic carbocycles. The Morgan fingerprint density at radius 3 is 2.54 bits per heavy atom. The molecule has 5 heteroatoms. The standard InChI is InChI=1S/C19H28N4O/c1-14-8-9-16(12-15(14)2)21-19(10-6-5-7-11-19)18-20-17(22-24-18)13-23(3)4/h8-9,12,21H,5-7,10-11,13H2,1-4H3. The van der Waals surface area contributed by atoms with Crippen LogP contribution in [0.5, 0.6) is 0 Å². The monoisotopic (exact) mass is 328 g/mol. The molecule has 1 fully saturated rings. The number of aromatic nitrogens is 2. The molecule has 130 valence electrons. The van der Waals surface area contributed by atoms with Crippen molar-refractivity contribution < 1.29 is 4.52 Å². The maximum absolute atomic E-state index is 5.68. The first kappa shape index (κ1) is 17.0. The van der Waals surface area contributed by atoms with E-state index in [1.54, 1.807) is 0 Å². The summed E-state index contributed by atoms with van der Waals surface area (Å²) >= 11 is 0. The van der Waals surface area contributed by atoms with Crippen molar-refractivity contribution in [3.8, 4) is 0 Å². The molecule has 1 N–H and O–H groups in total. The van der Waals surface area contributed by atoms with Gasteiger partial charge in [-0.15, -0.1) is 0 Å². The van der Waals surface area contributed by atoms with E-state index in [9.17, 15) is 0 Å². The van der Waals surface area contributed by atoms with Crippen molar-refractivity contribution in [3.05, 3.63) is 41.0 Å². The fraction of sp³-hybridized carbons (Fsp3) is 0.579. The third-order valence-corrected chi connectivity index (χ3v) is 4.93. The van der Waals surface area contributed by atoms with Crippen LogP contribution in [0.2, 0.25) is 0 Å². The van der Waals surface area contributed by atoms with Crippen LogP contribution in [0.1, 0.15) is 54.9 Å². The first-order valence-electron chi connectivity index (χ1n) is 8.82. The van der Waals surface area contributed by atoms with Crippen LogP contribution in [0.15, 0.2) is 22.7 Å². The molecule has 1 aliphatic rings. The van der Waals surface area contributed by atoms with Crippen LogP contribution in [0.4, 0.5) is 5.69 Å². The van der Waals surface area contributed by atoms with Gasteiger partial charge in [-0.05, 0) is 64.0 Å². The molecule has 1 saturated carbocycles. The molecular weight excluding hydrogens is 300 g/mol. The molecule has 1 aromatic carbocycles. The Balaban J connectivity index is 1.89. The summed E-state index contributed by atoms with van der Waals surface area (Å²) in [6.45, 7) is 4.99. The molecule has 0 aliphatic heterocycles. The number of nitrogens with zero attached hydrogens (tertiary/aromatic N) is 3. The summed E-state index contributed by atoms with van der Waals surface area (Å²) < 4.78 is 5.68. The minimum atomic E-state index is -0.239. The second kappa shape index (κ2) is 6.93. The third-order valence-electron chi connectivity index (χ3n) is 4.93. The van der Waals surface area contributed by atoms with Crippen LogP contribution in [-0.4, -0.2) is 29.1 Å². The van der Waals surface area contributed by atoms with Crippen LogP contribution in [-0.2, 0) is 12.1 Å². The second-order valence-corrected chi connectivity index (χ2v) is 7.32. The number of benzene rings is 1. The topological polar surface area (TPSA) is 54.2 Å². The van der Waals surface area contributed by atoms with Crippen molar-refractivity contribution >= 4 is 5.69 Å². The van der Waals surface area contributed by atoms with Gasteiger partial charge in [0, 0.05) is 5.69 Å².